The van der Waals surface area contributed by atoms with E-state index in [4.69, 9.17) is 14.2 Å². The predicted molar refractivity (Wildman–Crippen MR) is 117 cm³/mol. The Labute approximate surface area is 176 Å². The van der Waals surface area contributed by atoms with Gasteiger partial charge in [-0.3, -0.25) is 4.79 Å². The van der Waals surface area contributed by atoms with Crippen molar-refractivity contribution in [3.8, 4) is 17.2 Å². The van der Waals surface area contributed by atoms with E-state index in [9.17, 15) is 4.79 Å². The van der Waals surface area contributed by atoms with Crippen molar-refractivity contribution < 1.29 is 19.0 Å². The summed E-state index contributed by atoms with van der Waals surface area (Å²) in [5.41, 5.74) is 6.05. The van der Waals surface area contributed by atoms with Gasteiger partial charge < -0.3 is 14.2 Å². The van der Waals surface area contributed by atoms with E-state index < -0.39 is 0 Å². The van der Waals surface area contributed by atoms with Gasteiger partial charge in [0.25, 0.3) is 5.91 Å². The van der Waals surface area contributed by atoms with Gasteiger partial charge in [0.05, 0.1) is 20.4 Å². The topological polar surface area (TPSA) is 69.2 Å². The van der Waals surface area contributed by atoms with Gasteiger partial charge in [-0.15, -0.1) is 0 Å². The van der Waals surface area contributed by atoms with Crippen LogP contribution in [0.25, 0.3) is 0 Å². The summed E-state index contributed by atoms with van der Waals surface area (Å²) in [7, 11) is 3.06. The van der Waals surface area contributed by atoms with Gasteiger partial charge in [0, 0.05) is 5.56 Å². The SMILES string of the molecule is COc1ccc(C(=O)N/N=C/c2cccc(OCc3ccc(C)cc3)c2)cc1OC. The van der Waals surface area contributed by atoms with Crippen LogP contribution in [0.2, 0.25) is 0 Å². The Hall–Kier alpha value is -3.80. The number of methoxy groups -OCH3 is 2. The molecule has 0 heterocycles. The molecule has 0 saturated carbocycles. The van der Waals surface area contributed by atoms with Crippen LogP contribution in [-0.4, -0.2) is 26.3 Å². The monoisotopic (exact) mass is 404 g/mol. The second-order valence-electron chi connectivity index (χ2n) is 6.62. The lowest BCUT2D eigenvalue weighted by Gasteiger charge is -2.08. The van der Waals surface area contributed by atoms with Crippen molar-refractivity contribution in [2.24, 2.45) is 5.10 Å². The summed E-state index contributed by atoms with van der Waals surface area (Å²) in [6.07, 6.45) is 1.57. The maximum absolute atomic E-state index is 12.3. The van der Waals surface area contributed by atoms with Crippen LogP contribution in [0.5, 0.6) is 17.2 Å². The molecule has 0 bridgehead atoms. The molecule has 0 fully saturated rings. The molecule has 3 aromatic rings. The highest BCUT2D eigenvalue weighted by Gasteiger charge is 2.10. The first-order valence-electron chi connectivity index (χ1n) is 9.43. The van der Waals surface area contributed by atoms with Crippen LogP contribution in [0.4, 0.5) is 0 Å². The fourth-order valence-electron chi connectivity index (χ4n) is 2.74. The Bertz CT molecular complexity index is 1030. The Morgan fingerprint density at radius 3 is 2.47 bits per heavy atom. The number of rotatable bonds is 8. The summed E-state index contributed by atoms with van der Waals surface area (Å²) in [5, 5.41) is 4.03. The van der Waals surface area contributed by atoms with E-state index in [0.717, 1.165) is 16.9 Å². The number of nitrogens with one attached hydrogen (secondary N) is 1. The van der Waals surface area contributed by atoms with E-state index in [1.807, 2.05) is 36.4 Å². The number of carbonyl (C=O) groups excluding carboxylic acids is 1. The zero-order valence-corrected chi connectivity index (χ0v) is 17.2. The van der Waals surface area contributed by atoms with Crippen molar-refractivity contribution in [3.63, 3.8) is 0 Å². The average Bonchev–Trinajstić information content (AvgIpc) is 2.78. The first-order chi connectivity index (χ1) is 14.6. The zero-order valence-electron chi connectivity index (χ0n) is 17.2. The summed E-state index contributed by atoms with van der Waals surface area (Å²) >= 11 is 0. The lowest BCUT2D eigenvalue weighted by molar-refractivity contribution is 0.0954. The number of benzene rings is 3. The fraction of sp³-hybridized carbons (Fsp3) is 0.167. The molecule has 6 heteroatoms. The highest BCUT2D eigenvalue weighted by molar-refractivity contribution is 5.95. The van der Waals surface area contributed by atoms with E-state index in [1.165, 1.54) is 12.7 Å². The third-order valence-electron chi connectivity index (χ3n) is 4.41. The molecule has 0 saturated heterocycles. The zero-order chi connectivity index (χ0) is 21.3. The second-order valence-corrected chi connectivity index (χ2v) is 6.62. The summed E-state index contributed by atoms with van der Waals surface area (Å²) in [4.78, 5) is 12.3. The summed E-state index contributed by atoms with van der Waals surface area (Å²) in [6.45, 7) is 2.54. The lowest BCUT2D eigenvalue weighted by Crippen LogP contribution is -2.17. The molecule has 0 aliphatic rings. The number of carbonyl (C=O) groups is 1. The lowest BCUT2D eigenvalue weighted by atomic mass is 10.2. The standard InChI is InChI=1S/C24H24N2O4/c1-17-7-9-18(10-8-17)16-30-21-6-4-5-19(13-21)15-25-26-24(27)20-11-12-22(28-2)23(14-20)29-3/h4-15H,16H2,1-3H3,(H,26,27)/b25-15+. The molecule has 0 aromatic heterocycles. The Kier molecular flexibility index (Phi) is 7.05. The third-order valence-corrected chi connectivity index (χ3v) is 4.41. The van der Waals surface area contributed by atoms with Gasteiger partial charge in [-0.1, -0.05) is 42.0 Å². The summed E-state index contributed by atoms with van der Waals surface area (Å²) in [6, 6.07) is 20.6. The predicted octanol–water partition coefficient (Wildman–Crippen LogP) is 4.36. The van der Waals surface area contributed by atoms with Gasteiger partial charge in [-0.25, -0.2) is 5.43 Å². The number of nitrogens with zero attached hydrogens (tertiary/aromatic N) is 1. The third kappa shape index (κ3) is 5.61. The van der Waals surface area contributed by atoms with Crippen LogP contribution < -0.4 is 19.6 Å². The highest BCUT2D eigenvalue weighted by Crippen LogP contribution is 2.27. The minimum Gasteiger partial charge on any atom is -0.493 e. The number of hydrogen-bond acceptors (Lipinski definition) is 5. The second kappa shape index (κ2) is 10.1. The molecule has 3 rings (SSSR count). The minimum absolute atomic E-state index is 0.348. The molecule has 0 aliphatic heterocycles. The molecule has 0 radical (unpaired) electrons. The molecule has 6 nitrogen and oxygen atoms in total. The van der Waals surface area contributed by atoms with Gasteiger partial charge in [0.2, 0.25) is 0 Å². The molecule has 1 amide bonds. The number of amides is 1. The van der Waals surface area contributed by atoms with Gasteiger partial charge in [0.15, 0.2) is 11.5 Å². The smallest absolute Gasteiger partial charge is 0.271 e. The largest absolute Gasteiger partial charge is 0.493 e. The van der Waals surface area contributed by atoms with E-state index in [2.05, 4.69) is 29.6 Å². The van der Waals surface area contributed by atoms with Gasteiger partial charge in [-0.05, 0) is 48.4 Å². The van der Waals surface area contributed by atoms with Crippen molar-refractivity contribution in [2.45, 2.75) is 13.5 Å². The van der Waals surface area contributed by atoms with Gasteiger partial charge in [-0.2, -0.15) is 5.10 Å². The maximum atomic E-state index is 12.3. The average molecular weight is 404 g/mol. The molecule has 0 atom stereocenters. The van der Waals surface area contributed by atoms with E-state index in [-0.39, 0.29) is 5.91 Å². The molecular formula is C24H24N2O4. The Morgan fingerprint density at radius 1 is 0.967 bits per heavy atom. The first kappa shape index (κ1) is 20.9. The molecule has 154 valence electrons. The van der Waals surface area contributed by atoms with Crippen LogP contribution in [0.15, 0.2) is 71.8 Å². The van der Waals surface area contributed by atoms with Crippen LogP contribution >= 0.6 is 0 Å². The van der Waals surface area contributed by atoms with E-state index >= 15 is 0 Å². The van der Waals surface area contributed by atoms with E-state index in [1.54, 1.807) is 31.5 Å². The summed E-state index contributed by atoms with van der Waals surface area (Å²) in [5.74, 6) is 1.41. The normalized spacial score (nSPS) is 10.6. The highest BCUT2D eigenvalue weighted by atomic mass is 16.5. The maximum Gasteiger partial charge on any atom is 0.271 e. The van der Waals surface area contributed by atoms with E-state index in [0.29, 0.717) is 23.7 Å². The molecule has 30 heavy (non-hydrogen) atoms. The quantitative estimate of drug-likeness (QED) is 0.448. The van der Waals surface area contributed by atoms with Crippen molar-refractivity contribution in [1.82, 2.24) is 5.43 Å². The number of aryl methyl sites for hydroxylation is 1. The van der Waals surface area contributed by atoms with Crippen LogP contribution in [0.1, 0.15) is 27.0 Å². The minimum atomic E-state index is -0.348. The van der Waals surface area contributed by atoms with Crippen molar-refractivity contribution in [2.75, 3.05) is 14.2 Å². The molecular weight excluding hydrogens is 380 g/mol. The number of hydrogen-bond donors (Lipinski definition) is 1. The van der Waals surface area contributed by atoms with Crippen molar-refractivity contribution in [3.05, 3.63) is 89.0 Å². The molecule has 0 aliphatic carbocycles. The van der Waals surface area contributed by atoms with Crippen molar-refractivity contribution >= 4 is 12.1 Å². The molecule has 3 aromatic carbocycles. The Morgan fingerprint density at radius 2 is 1.73 bits per heavy atom. The molecule has 0 spiro atoms. The van der Waals surface area contributed by atoms with Crippen LogP contribution in [0.3, 0.4) is 0 Å². The Balaban J connectivity index is 1.59. The molecule has 1 N–H and O–H groups in total. The number of hydrazone groups is 1. The number of ether oxygens (including phenoxy) is 3. The summed E-state index contributed by atoms with van der Waals surface area (Å²) < 4.78 is 16.2. The van der Waals surface area contributed by atoms with Crippen LogP contribution in [-0.2, 0) is 6.61 Å². The fourth-order valence-corrected chi connectivity index (χ4v) is 2.74. The van der Waals surface area contributed by atoms with Gasteiger partial charge >= 0.3 is 0 Å². The molecule has 0 unspecified atom stereocenters. The van der Waals surface area contributed by atoms with Gasteiger partial charge in [0.1, 0.15) is 12.4 Å². The first-order valence-corrected chi connectivity index (χ1v) is 9.43. The van der Waals surface area contributed by atoms with Crippen molar-refractivity contribution in [1.29, 1.82) is 0 Å². The van der Waals surface area contributed by atoms with Crippen LogP contribution in [0, 0.1) is 6.92 Å².